The summed E-state index contributed by atoms with van der Waals surface area (Å²) in [5.74, 6) is -0.186. The van der Waals surface area contributed by atoms with Crippen LogP contribution in [0.2, 0.25) is 0 Å². The summed E-state index contributed by atoms with van der Waals surface area (Å²) in [5, 5.41) is 8.58. The van der Waals surface area contributed by atoms with Crippen LogP contribution in [-0.4, -0.2) is 29.6 Å². The number of carbonyl (C=O) groups is 2. The SMILES string of the molecule is O=C1CCC(C(=O)CCCCCCCO)O1. The first-order valence-electron chi connectivity index (χ1n) is 6.07. The molecule has 92 valence electrons. The molecule has 4 nitrogen and oxygen atoms in total. The molecule has 1 aliphatic rings. The Balaban J connectivity index is 2.00. The molecule has 1 atom stereocenters. The van der Waals surface area contributed by atoms with Gasteiger partial charge >= 0.3 is 5.97 Å². The molecule has 1 unspecified atom stereocenters. The van der Waals surface area contributed by atoms with Crippen LogP contribution in [0.1, 0.15) is 51.4 Å². The number of hydrogen-bond acceptors (Lipinski definition) is 4. The van der Waals surface area contributed by atoms with E-state index in [0.29, 0.717) is 19.3 Å². The van der Waals surface area contributed by atoms with Crippen LogP contribution in [-0.2, 0) is 14.3 Å². The molecule has 16 heavy (non-hydrogen) atoms. The molecule has 1 aliphatic heterocycles. The first-order valence-corrected chi connectivity index (χ1v) is 6.07. The maximum atomic E-state index is 11.6. The number of cyclic esters (lactones) is 1. The number of aliphatic hydroxyl groups is 1. The molecule has 1 N–H and O–H groups in total. The molecule has 0 spiro atoms. The zero-order valence-corrected chi connectivity index (χ0v) is 9.61. The predicted molar refractivity (Wildman–Crippen MR) is 58.9 cm³/mol. The first kappa shape index (κ1) is 13.2. The van der Waals surface area contributed by atoms with Gasteiger partial charge in [-0.1, -0.05) is 19.3 Å². The van der Waals surface area contributed by atoms with Crippen LogP contribution in [0.25, 0.3) is 0 Å². The Hall–Kier alpha value is -0.900. The summed E-state index contributed by atoms with van der Waals surface area (Å²) in [6.07, 6.45) is 5.76. The highest BCUT2D eigenvalue weighted by atomic mass is 16.6. The minimum atomic E-state index is -0.468. The van der Waals surface area contributed by atoms with Crippen LogP contribution in [0.15, 0.2) is 0 Å². The van der Waals surface area contributed by atoms with E-state index < -0.39 is 6.10 Å². The molecule has 0 aromatic carbocycles. The number of ether oxygens (including phenoxy) is 1. The van der Waals surface area contributed by atoms with Crippen LogP contribution in [0.3, 0.4) is 0 Å². The fourth-order valence-electron chi connectivity index (χ4n) is 1.85. The van der Waals surface area contributed by atoms with Crippen molar-refractivity contribution < 1.29 is 19.4 Å². The highest BCUT2D eigenvalue weighted by Crippen LogP contribution is 2.17. The Morgan fingerprint density at radius 1 is 1.25 bits per heavy atom. The predicted octanol–water partition coefficient (Wildman–Crippen LogP) is 1.59. The van der Waals surface area contributed by atoms with Crippen molar-refractivity contribution in [1.29, 1.82) is 0 Å². The van der Waals surface area contributed by atoms with Gasteiger partial charge in [-0.25, -0.2) is 0 Å². The van der Waals surface area contributed by atoms with Crippen LogP contribution < -0.4 is 0 Å². The number of carbonyl (C=O) groups excluding carboxylic acids is 2. The van der Waals surface area contributed by atoms with Gasteiger partial charge in [0.05, 0.1) is 0 Å². The average molecular weight is 228 g/mol. The zero-order chi connectivity index (χ0) is 11.8. The number of Topliss-reactive ketones (excluding diaryl/α,β-unsaturated/α-hetero) is 1. The molecule has 0 aromatic rings. The van der Waals surface area contributed by atoms with Gasteiger partial charge in [0.1, 0.15) is 0 Å². The van der Waals surface area contributed by atoms with Crippen molar-refractivity contribution in [2.24, 2.45) is 0 Å². The molecule has 4 heteroatoms. The second-order valence-corrected chi connectivity index (χ2v) is 4.22. The standard InChI is InChI=1S/C12H20O4/c13-9-5-3-1-2-4-6-10(14)11-7-8-12(15)16-11/h11,13H,1-9H2. The largest absolute Gasteiger partial charge is 0.454 e. The van der Waals surface area contributed by atoms with Crippen molar-refractivity contribution >= 4 is 11.8 Å². The topological polar surface area (TPSA) is 63.6 Å². The number of esters is 1. The Labute approximate surface area is 96.0 Å². The lowest BCUT2D eigenvalue weighted by Crippen LogP contribution is -2.19. The molecule has 0 aromatic heterocycles. The zero-order valence-electron chi connectivity index (χ0n) is 9.61. The van der Waals surface area contributed by atoms with Gasteiger partial charge in [0.25, 0.3) is 0 Å². The summed E-state index contributed by atoms with van der Waals surface area (Å²) in [6, 6.07) is 0. The Morgan fingerprint density at radius 3 is 2.56 bits per heavy atom. The molecule has 1 rings (SSSR count). The summed E-state index contributed by atoms with van der Waals surface area (Å²) in [4.78, 5) is 22.4. The van der Waals surface area contributed by atoms with E-state index >= 15 is 0 Å². The number of hydrogen-bond donors (Lipinski definition) is 1. The van der Waals surface area contributed by atoms with Crippen LogP contribution in [0.5, 0.6) is 0 Å². The summed E-state index contributed by atoms with van der Waals surface area (Å²) in [6.45, 7) is 0.247. The monoisotopic (exact) mass is 228 g/mol. The average Bonchev–Trinajstić information content (AvgIpc) is 2.70. The van der Waals surface area contributed by atoms with Crippen molar-refractivity contribution in [3.8, 4) is 0 Å². The number of ketones is 1. The molecule has 0 bridgehead atoms. The van der Waals surface area contributed by atoms with Crippen LogP contribution in [0, 0.1) is 0 Å². The molecule has 0 saturated carbocycles. The number of unbranched alkanes of at least 4 members (excludes halogenated alkanes) is 4. The smallest absolute Gasteiger partial charge is 0.306 e. The van der Waals surface area contributed by atoms with Gasteiger partial charge in [-0.3, -0.25) is 9.59 Å². The normalized spacial score (nSPS) is 19.8. The van der Waals surface area contributed by atoms with Gasteiger partial charge in [-0.15, -0.1) is 0 Å². The van der Waals surface area contributed by atoms with E-state index in [-0.39, 0.29) is 18.4 Å². The van der Waals surface area contributed by atoms with Gasteiger partial charge < -0.3 is 9.84 Å². The van der Waals surface area contributed by atoms with Crippen molar-refractivity contribution in [2.75, 3.05) is 6.61 Å². The molecule has 1 heterocycles. The second kappa shape index (κ2) is 7.39. The lowest BCUT2D eigenvalue weighted by Gasteiger charge is -2.07. The quantitative estimate of drug-likeness (QED) is 0.506. The highest BCUT2D eigenvalue weighted by molar-refractivity contribution is 5.87. The fourth-order valence-corrected chi connectivity index (χ4v) is 1.85. The summed E-state index contributed by atoms with van der Waals surface area (Å²) < 4.78 is 4.90. The van der Waals surface area contributed by atoms with E-state index in [1.165, 1.54) is 0 Å². The number of rotatable bonds is 8. The van der Waals surface area contributed by atoms with Crippen molar-refractivity contribution in [3.63, 3.8) is 0 Å². The van der Waals surface area contributed by atoms with E-state index in [1.54, 1.807) is 0 Å². The lowest BCUT2D eigenvalue weighted by molar-refractivity contribution is -0.147. The minimum Gasteiger partial charge on any atom is -0.454 e. The molecular formula is C12H20O4. The third-order valence-corrected chi connectivity index (χ3v) is 2.82. The van der Waals surface area contributed by atoms with Gasteiger partial charge in [0.2, 0.25) is 0 Å². The molecule has 0 amide bonds. The van der Waals surface area contributed by atoms with Crippen LogP contribution >= 0.6 is 0 Å². The van der Waals surface area contributed by atoms with E-state index in [0.717, 1.165) is 32.1 Å². The van der Waals surface area contributed by atoms with Crippen LogP contribution in [0.4, 0.5) is 0 Å². The van der Waals surface area contributed by atoms with E-state index in [1.807, 2.05) is 0 Å². The molecule has 1 fully saturated rings. The Morgan fingerprint density at radius 2 is 1.94 bits per heavy atom. The second-order valence-electron chi connectivity index (χ2n) is 4.22. The maximum Gasteiger partial charge on any atom is 0.306 e. The maximum absolute atomic E-state index is 11.6. The fraction of sp³-hybridized carbons (Fsp3) is 0.833. The van der Waals surface area contributed by atoms with Gasteiger partial charge in [-0.05, 0) is 12.8 Å². The number of aliphatic hydroxyl groups excluding tert-OH is 1. The molecular weight excluding hydrogens is 208 g/mol. The Kier molecular flexibility index (Phi) is 6.08. The first-order chi connectivity index (χ1) is 7.74. The van der Waals surface area contributed by atoms with Gasteiger partial charge in [0.15, 0.2) is 11.9 Å². The minimum absolute atomic E-state index is 0.0630. The Bertz CT molecular complexity index is 237. The van der Waals surface area contributed by atoms with Crippen molar-refractivity contribution in [2.45, 2.75) is 57.5 Å². The highest BCUT2D eigenvalue weighted by Gasteiger charge is 2.28. The van der Waals surface area contributed by atoms with E-state index in [9.17, 15) is 9.59 Å². The molecule has 0 radical (unpaired) electrons. The van der Waals surface area contributed by atoms with E-state index in [4.69, 9.17) is 9.84 Å². The van der Waals surface area contributed by atoms with E-state index in [2.05, 4.69) is 0 Å². The lowest BCUT2D eigenvalue weighted by atomic mass is 10.0. The summed E-state index contributed by atoms with van der Waals surface area (Å²) in [7, 11) is 0. The van der Waals surface area contributed by atoms with Gasteiger partial charge in [0, 0.05) is 25.9 Å². The van der Waals surface area contributed by atoms with Crippen molar-refractivity contribution in [3.05, 3.63) is 0 Å². The summed E-state index contributed by atoms with van der Waals surface area (Å²) in [5.41, 5.74) is 0. The third kappa shape index (κ3) is 4.75. The third-order valence-electron chi connectivity index (χ3n) is 2.82. The van der Waals surface area contributed by atoms with Crippen molar-refractivity contribution in [1.82, 2.24) is 0 Å². The van der Waals surface area contributed by atoms with Gasteiger partial charge in [-0.2, -0.15) is 0 Å². The summed E-state index contributed by atoms with van der Waals surface area (Å²) >= 11 is 0. The molecule has 0 aliphatic carbocycles. The molecule has 1 saturated heterocycles.